The Kier molecular flexibility index (Phi) is 5.76. The van der Waals surface area contributed by atoms with Crippen LogP contribution in [0.2, 0.25) is 0 Å². The second kappa shape index (κ2) is 8.46. The molecule has 0 spiro atoms. The molecular weight excluding hydrogens is 364 g/mol. The van der Waals surface area contributed by atoms with Crippen molar-refractivity contribution in [2.75, 3.05) is 25.1 Å². The van der Waals surface area contributed by atoms with Crippen LogP contribution in [0.1, 0.15) is 55.5 Å². The molecule has 29 heavy (non-hydrogen) atoms. The minimum Gasteiger partial charge on any atom is -0.491 e. The average molecular weight is 395 g/mol. The minimum atomic E-state index is -0.561. The molecular formula is C24H30N2O3. The molecule has 0 saturated carbocycles. The number of rotatable bonds is 7. The molecule has 5 heteroatoms. The Morgan fingerprint density at radius 2 is 1.97 bits per heavy atom. The van der Waals surface area contributed by atoms with Gasteiger partial charge in [0.2, 0.25) is 0 Å². The van der Waals surface area contributed by atoms with Gasteiger partial charge in [0.25, 0.3) is 5.91 Å². The predicted molar refractivity (Wildman–Crippen MR) is 114 cm³/mol. The highest BCUT2D eigenvalue weighted by Crippen LogP contribution is 2.40. The summed E-state index contributed by atoms with van der Waals surface area (Å²) >= 11 is 0. The number of nitrogens with zero attached hydrogens (tertiary/aromatic N) is 1. The second-order valence-corrected chi connectivity index (χ2v) is 7.81. The smallest absolute Gasteiger partial charge is 0.258 e. The topological polar surface area (TPSA) is 50.8 Å². The summed E-state index contributed by atoms with van der Waals surface area (Å²) < 4.78 is 11.6. The Hall–Kier alpha value is -2.53. The van der Waals surface area contributed by atoms with E-state index in [4.69, 9.17) is 9.47 Å². The van der Waals surface area contributed by atoms with E-state index in [1.807, 2.05) is 41.3 Å². The summed E-state index contributed by atoms with van der Waals surface area (Å²) in [6, 6.07) is 15.9. The molecule has 2 aromatic carbocycles. The van der Waals surface area contributed by atoms with E-state index in [-0.39, 0.29) is 12.0 Å². The lowest BCUT2D eigenvalue weighted by Gasteiger charge is -2.48. The number of benzene rings is 2. The van der Waals surface area contributed by atoms with Gasteiger partial charge in [-0.25, -0.2) is 0 Å². The summed E-state index contributed by atoms with van der Waals surface area (Å²) in [5.74, 6) is 0.918. The molecule has 2 atom stereocenters. The number of fused-ring (bicyclic) bond motifs is 1. The van der Waals surface area contributed by atoms with Crippen LogP contribution < -0.4 is 10.1 Å². The lowest BCUT2D eigenvalue weighted by molar-refractivity contribution is 0.0483. The monoisotopic (exact) mass is 394 g/mol. The van der Waals surface area contributed by atoms with E-state index in [9.17, 15) is 4.79 Å². The van der Waals surface area contributed by atoms with Crippen LogP contribution in [0.15, 0.2) is 48.5 Å². The fourth-order valence-electron chi connectivity index (χ4n) is 4.41. The number of carbonyl (C=O) groups excluding carboxylic acids is 1. The van der Waals surface area contributed by atoms with Gasteiger partial charge in [-0.1, -0.05) is 38.1 Å². The number of hydrogen-bond acceptors (Lipinski definition) is 4. The molecule has 2 unspecified atom stereocenters. The van der Waals surface area contributed by atoms with Gasteiger partial charge < -0.3 is 19.7 Å². The summed E-state index contributed by atoms with van der Waals surface area (Å²) in [6.45, 7) is 6.35. The lowest BCUT2D eigenvalue weighted by atomic mass is 9.89. The largest absolute Gasteiger partial charge is 0.491 e. The fraction of sp³-hybridized carbons (Fsp3) is 0.458. The first-order valence-corrected chi connectivity index (χ1v) is 10.7. The zero-order valence-corrected chi connectivity index (χ0v) is 17.3. The standard InChI is InChI=1S/C24H30N2O3/c1-3-15-26-23(27)21-9-5-6-10-22(21)25-24(26,4-2)18-11-13-19(14-12-18)29-17-20-8-7-16-28-20/h5-6,9-14,20,25H,3-4,7-8,15-17H2,1-2H3. The fourth-order valence-corrected chi connectivity index (χ4v) is 4.41. The van der Waals surface area contributed by atoms with E-state index in [1.165, 1.54) is 0 Å². The molecule has 2 aliphatic rings. The Bertz CT molecular complexity index is 845. The molecule has 1 N–H and O–H groups in total. The van der Waals surface area contributed by atoms with Crippen LogP contribution in [0.5, 0.6) is 5.75 Å². The molecule has 4 rings (SSSR count). The normalized spacial score (nSPS) is 23.6. The highest BCUT2D eigenvalue weighted by Gasteiger charge is 2.44. The first-order chi connectivity index (χ1) is 14.2. The van der Waals surface area contributed by atoms with Gasteiger partial charge in [-0.2, -0.15) is 0 Å². The summed E-state index contributed by atoms with van der Waals surface area (Å²) in [5.41, 5.74) is 2.14. The summed E-state index contributed by atoms with van der Waals surface area (Å²) in [6.07, 6.45) is 4.05. The Morgan fingerprint density at radius 3 is 2.66 bits per heavy atom. The molecule has 2 heterocycles. The van der Waals surface area contributed by atoms with E-state index in [2.05, 4.69) is 31.3 Å². The maximum atomic E-state index is 13.3. The molecule has 1 amide bonds. The third-order valence-corrected chi connectivity index (χ3v) is 5.96. The Morgan fingerprint density at radius 1 is 1.17 bits per heavy atom. The van der Waals surface area contributed by atoms with Gasteiger partial charge in [0.15, 0.2) is 0 Å². The van der Waals surface area contributed by atoms with Crippen molar-refractivity contribution < 1.29 is 14.3 Å². The van der Waals surface area contributed by atoms with Crippen LogP contribution >= 0.6 is 0 Å². The van der Waals surface area contributed by atoms with Crippen molar-refractivity contribution in [1.29, 1.82) is 0 Å². The first-order valence-electron chi connectivity index (χ1n) is 10.7. The third-order valence-electron chi connectivity index (χ3n) is 5.96. The zero-order chi connectivity index (χ0) is 20.3. The number of anilines is 1. The van der Waals surface area contributed by atoms with Crippen molar-refractivity contribution in [3.63, 3.8) is 0 Å². The van der Waals surface area contributed by atoms with Gasteiger partial charge in [0, 0.05) is 18.8 Å². The Labute approximate surface area is 173 Å². The molecule has 2 aliphatic heterocycles. The summed E-state index contributed by atoms with van der Waals surface area (Å²) in [7, 11) is 0. The van der Waals surface area contributed by atoms with Crippen molar-refractivity contribution in [3.05, 3.63) is 59.7 Å². The maximum absolute atomic E-state index is 13.3. The van der Waals surface area contributed by atoms with Crippen molar-refractivity contribution in [1.82, 2.24) is 4.90 Å². The molecule has 0 radical (unpaired) electrons. The second-order valence-electron chi connectivity index (χ2n) is 7.81. The van der Waals surface area contributed by atoms with E-state index in [0.717, 1.165) is 54.9 Å². The van der Waals surface area contributed by atoms with Crippen molar-refractivity contribution >= 4 is 11.6 Å². The van der Waals surface area contributed by atoms with Gasteiger partial charge in [-0.05, 0) is 55.5 Å². The molecule has 0 aromatic heterocycles. The highest BCUT2D eigenvalue weighted by atomic mass is 16.5. The van der Waals surface area contributed by atoms with Gasteiger partial charge in [-0.3, -0.25) is 4.79 Å². The van der Waals surface area contributed by atoms with Crippen molar-refractivity contribution in [3.8, 4) is 5.75 Å². The first kappa shape index (κ1) is 19.8. The van der Waals surface area contributed by atoms with E-state index in [1.54, 1.807) is 0 Å². The Balaban J connectivity index is 1.61. The molecule has 0 bridgehead atoms. The van der Waals surface area contributed by atoms with Crippen LogP contribution in [0, 0.1) is 0 Å². The van der Waals surface area contributed by atoms with Crippen LogP contribution in [-0.2, 0) is 10.4 Å². The third kappa shape index (κ3) is 3.71. The molecule has 154 valence electrons. The molecule has 0 aliphatic carbocycles. The molecule has 5 nitrogen and oxygen atoms in total. The van der Waals surface area contributed by atoms with Gasteiger partial charge >= 0.3 is 0 Å². The van der Waals surface area contributed by atoms with Gasteiger partial charge in [0.05, 0.1) is 11.7 Å². The number of hydrogen-bond donors (Lipinski definition) is 1. The van der Waals surface area contributed by atoms with E-state index < -0.39 is 5.66 Å². The zero-order valence-electron chi connectivity index (χ0n) is 17.3. The van der Waals surface area contributed by atoms with Crippen LogP contribution in [0.4, 0.5) is 5.69 Å². The number of ether oxygens (including phenoxy) is 2. The number of para-hydroxylation sites is 1. The average Bonchev–Trinajstić information content (AvgIpc) is 3.28. The maximum Gasteiger partial charge on any atom is 0.258 e. The highest BCUT2D eigenvalue weighted by molar-refractivity contribution is 6.02. The predicted octanol–water partition coefficient (Wildman–Crippen LogP) is 4.79. The number of nitrogens with one attached hydrogen (secondary N) is 1. The minimum absolute atomic E-state index is 0.0850. The quantitative estimate of drug-likeness (QED) is 0.734. The van der Waals surface area contributed by atoms with Crippen LogP contribution in [0.25, 0.3) is 0 Å². The number of amides is 1. The lowest BCUT2D eigenvalue weighted by Crippen LogP contribution is -2.57. The van der Waals surface area contributed by atoms with Crippen molar-refractivity contribution in [2.24, 2.45) is 0 Å². The van der Waals surface area contributed by atoms with Gasteiger partial charge in [-0.15, -0.1) is 0 Å². The number of carbonyl (C=O) groups is 1. The van der Waals surface area contributed by atoms with E-state index >= 15 is 0 Å². The molecule has 1 fully saturated rings. The molecule has 2 aromatic rings. The summed E-state index contributed by atoms with van der Waals surface area (Å²) in [5, 5.41) is 3.68. The van der Waals surface area contributed by atoms with E-state index in [0.29, 0.717) is 13.2 Å². The van der Waals surface area contributed by atoms with Gasteiger partial charge in [0.1, 0.15) is 18.0 Å². The van der Waals surface area contributed by atoms with Crippen molar-refractivity contribution in [2.45, 2.75) is 51.3 Å². The van der Waals surface area contributed by atoms with Crippen LogP contribution in [-0.4, -0.2) is 36.7 Å². The SMILES string of the molecule is CCCN1C(=O)c2ccccc2NC1(CC)c1ccc(OCC2CCCO2)cc1. The summed E-state index contributed by atoms with van der Waals surface area (Å²) in [4.78, 5) is 15.3. The molecule has 1 saturated heterocycles. The van der Waals surface area contributed by atoms with Crippen LogP contribution in [0.3, 0.4) is 0 Å².